The normalized spacial score (nSPS) is 10.3. The third kappa shape index (κ3) is 3.33. The highest BCUT2D eigenvalue weighted by atomic mass is 79.9. The summed E-state index contributed by atoms with van der Waals surface area (Å²) < 4.78 is 14.9. The fourth-order valence-electron chi connectivity index (χ4n) is 1.50. The Labute approximate surface area is 126 Å². The number of nitrogens with two attached hydrogens (primary N) is 1. The zero-order chi connectivity index (χ0) is 14.0. The van der Waals surface area contributed by atoms with Crippen molar-refractivity contribution in [2.24, 2.45) is 0 Å². The quantitative estimate of drug-likeness (QED) is 0.759. The molecule has 0 bridgehead atoms. The van der Waals surface area contributed by atoms with Crippen LogP contribution in [0.1, 0.15) is 10.4 Å². The topological polar surface area (TPSA) is 55.1 Å². The Hall–Kier alpha value is -1.40. The number of halogens is 3. The van der Waals surface area contributed by atoms with Crippen molar-refractivity contribution in [2.75, 3.05) is 11.1 Å². The Bertz CT molecular complexity index is 647. The lowest BCUT2D eigenvalue weighted by atomic mass is 10.2. The number of nitrogen functional groups attached to an aromatic ring is 1. The van der Waals surface area contributed by atoms with Gasteiger partial charge < -0.3 is 11.1 Å². The van der Waals surface area contributed by atoms with Gasteiger partial charge in [0.25, 0.3) is 5.91 Å². The largest absolute Gasteiger partial charge is 0.399 e. The third-order valence-corrected chi connectivity index (χ3v) is 3.60. The molecule has 0 saturated heterocycles. The molecule has 0 aromatic heterocycles. The van der Waals surface area contributed by atoms with E-state index in [0.29, 0.717) is 20.3 Å². The Morgan fingerprint density at radius 1 is 1.16 bits per heavy atom. The van der Waals surface area contributed by atoms with Gasteiger partial charge in [0, 0.05) is 14.6 Å². The molecule has 2 rings (SSSR count). The fraction of sp³-hybridized carbons (Fsp3) is 0. The van der Waals surface area contributed by atoms with Crippen molar-refractivity contribution in [3.05, 3.63) is 56.7 Å². The zero-order valence-electron chi connectivity index (χ0n) is 9.58. The van der Waals surface area contributed by atoms with E-state index in [2.05, 4.69) is 37.2 Å². The van der Waals surface area contributed by atoms with Crippen molar-refractivity contribution in [2.45, 2.75) is 0 Å². The number of nitrogens with one attached hydrogen (secondary N) is 1. The standard InChI is InChI=1S/C13H9Br2FN2O/c14-7-1-4-11(16)9(5-7)13(19)18-12-6-8(17)2-3-10(12)15/h1-6H,17H2,(H,18,19). The molecule has 19 heavy (non-hydrogen) atoms. The maximum Gasteiger partial charge on any atom is 0.258 e. The van der Waals surface area contributed by atoms with Gasteiger partial charge in [-0.2, -0.15) is 0 Å². The zero-order valence-corrected chi connectivity index (χ0v) is 12.8. The molecule has 0 aliphatic rings. The van der Waals surface area contributed by atoms with Crippen molar-refractivity contribution in [3.8, 4) is 0 Å². The Balaban J connectivity index is 2.30. The van der Waals surface area contributed by atoms with Crippen LogP contribution in [0.15, 0.2) is 45.3 Å². The molecule has 0 unspecified atom stereocenters. The van der Waals surface area contributed by atoms with E-state index in [1.807, 2.05) is 0 Å². The van der Waals surface area contributed by atoms with Gasteiger partial charge in [0.05, 0.1) is 11.3 Å². The van der Waals surface area contributed by atoms with E-state index in [-0.39, 0.29) is 5.56 Å². The number of carbonyl (C=O) groups excluding carboxylic acids is 1. The van der Waals surface area contributed by atoms with Gasteiger partial charge in [0.1, 0.15) is 5.82 Å². The molecule has 0 atom stereocenters. The highest BCUT2D eigenvalue weighted by Crippen LogP contribution is 2.26. The van der Waals surface area contributed by atoms with Crippen LogP contribution in [-0.4, -0.2) is 5.91 Å². The van der Waals surface area contributed by atoms with Gasteiger partial charge in [0.2, 0.25) is 0 Å². The molecule has 0 saturated carbocycles. The Morgan fingerprint density at radius 3 is 2.63 bits per heavy atom. The first-order valence-electron chi connectivity index (χ1n) is 5.29. The smallest absolute Gasteiger partial charge is 0.258 e. The van der Waals surface area contributed by atoms with E-state index in [1.165, 1.54) is 18.2 Å². The number of hydrogen-bond donors (Lipinski definition) is 2. The number of hydrogen-bond acceptors (Lipinski definition) is 2. The fourth-order valence-corrected chi connectivity index (χ4v) is 2.21. The van der Waals surface area contributed by atoms with Crippen LogP contribution in [-0.2, 0) is 0 Å². The summed E-state index contributed by atoms with van der Waals surface area (Å²) >= 11 is 6.49. The molecule has 0 aliphatic heterocycles. The van der Waals surface area contributed by atoms with Crippen LogP contribution < -0.4 is 11.1 Å². The Morgan fingerprint density at radius 2 is 1.89 bits per heavy atom. The molecule has 0 fully saturated rings. The van der Waals surface area contributed by atoms with Gasteiger partial charge in [0.15, 0.2) is 0 Å². The molecule has 2 aromatic rings. The summed E-state index contributed by atoms with van der Waals surface area (Å²) in [5, 5.41) is 2.61. The highest BCUT2D eigenvalue weighted by Gasteiger charge is 2.13. The first-order valence-corrected chi connectivity index (χ1v) is 6.87. The lowest BCUT2D eigenvalue weighted by Gasteiger charge is -2.09. The van der Waals surface area contributed by atoms with E-state index in [9.17, 15) is 9.18 Å². The number of anilines is 2. The predicted octanol–water partition coefficient (Wildman–Crippen LogP) is 4.19. The number of amides is 1. The summed E-state index contributed by atoms with van der Waals surface area (Å²) in [6.07, 6.45) is 0. The van der Waals surface area contributed by atoms with Gasteiger partial charge in [-0.3, -0.25) is 4.79 Å². The van der Waals surface area contributed by atoms with Crippen LogP contribution in [0, 0.1) is 5.82 Å². The van der Waals surface area contributed by atoms with Gasteiger partial charge in [-0.15, -0.1) is 0 Å². The van der Waals surface area contributed by atoms with Gasteiger partial charge >= 0.3 is 0 Å². The molecule has 98 valence electrons. The van der Waals surface area contributed by atoms with E-state index in [0.717, 1.165) is 0 Å². The lowest BCUT2D eigenvalue weighted by Crippen LogP contribution is -2.14. The molecule has 0 spiro atoms. The maximum atomic E-state index is 13.6. The average Bonchev–Trinajstić information content (AvgIpc) is 2.36. The monoisotopic (exact) mass is 386 g/mol. The SMILES string of the molecule is Nc1ccc(Br)c(NC(=O)c2cc(Br)ccc2F)c1. The summed E-state index contributed by atoms with van der Waals surface area (Å²) in [5.41, 5.74) is 6.60. The summed E-state index contributed by atoms with van der Waals surface area (Å²) in [6, 6.07) is 9.18. The van der Waals surface area contributed by atoms with E-state index < -0.39 is 11.7 Å². The van der Waals surface area contributed by atoms with E-state index in [1.54, 1.807) is 18.2 Å². The molecule has 3 nitrogen and oxygen atoms in total. The second-order valence-corrected chi connectivity index (χ2v) is 5.59. The average molecular weight is 388 g/mol. The molecule has 6 heteroatoms. The van der Waals surface area contributed by atoms with Crippen LogP contribution in [0.25, 0.3) is 0 Å². The maximum absolute atomic E-state index is 13.6. The lowest BCUT2D eigenvalue weighted by molar-refractivity contribution is 0.102. The number of carbonyl (C=O) groups is 1. The molecular weight excluding hydrogens is 379 g/mol. The summed E-state index contributed by atoms with van der Waals surface area (Å²) in [6.45, 7) is 0. The molecule has 1 amide bonds. The van der Waals surface area contributed by atoms with Crippen LogP contribution >= 0.6 is 31.9 Å². The first kappa shape index (κ1) is 14.0. The summed E-state index contributed by atoms with van der Waals surface area (Å²) in [5.74, 6) is -1.12. The van der Waals surface area contributed by atoms with Gasteiger partial charge in [-0.05, 0) is 52.3 Å². The van der Waals surface area contributed by atoms with Crippen molar-refractivity contribution in [3.63, 3.8) is 0 Å². The second kappa shape index (κ2) is 5.71. The third-order valence-electron chi connectivity index (χ3n) is 2.41. The minimum atomic E-state index is -0.583. The van der Waals surface area contributed by atoms with Crippen molar-refractivity contribution in [1.29, 1.82) is 0 Å². The number of benzene rings is 2. The van der Waals surface area contributed by atoms with Gasteiger partial charge in [-0.25, -0.2) is 4.39 Å². The van der Waals surface area contributed by atoms with Crippen molar-refractivity contribution >= 4 is 49.1 Å². The summed E-state index contributed by atoms with van der Waals surface area (Å²) in [7, 11) is 0. The van der Waals surface area contributed by atoms with E-state index >= 15 is 0 Å². The minimum Gasteiger partial charge on any atom is -0.399 e. The Kier molecular flexibility index (Phi) is 4.21. The molecule has 0 radical (unpaired) electrons. The van der Waals surface area contributed by atoms with E-state index in [4.69, 9.17) is 5.73 Å². The molecule has 3 N–H and O–H groups in total. The van der Waals surface area contributed by atoms with Crippen LogP contribution in [0.2, 0.25) is 0 Å². The van der Waals surface area contributed by atoms with Crippen molar-refractivity contribution < 1.29 is 9.18 Å². The van der Waals surface area contributed by atoms with Crippen LogP contribution in [0.3, 0.4) is 0 Å². The van der Waals surface area contributed by atoms with Crippen molar-refractivity contribution in [1.82, 2.24) is 0 Å². The molecule has 0 heterocycles. The molecule has 2 aromatic carbocycles. The molecular formula is C13H9Br2FN2O. The van der Waals surface area contributed by atoms with Gasteiger partial charge in [-0.1, -0.05) is 15.9 Å². The summed E-state index contributed by atoms with van der Waals surface area (Å²) in [4.78, 5) is 12.0. The highest BCUT2D eigenvalue weighted by molar-refractivity contribution is 9.10. The second-order valence-electron chi connectivity index (χ2n) is 3.82. The minimum absolute atomic E-state index is 0.0382. The predicted molar refractivity (Wildman–Crippen MR) is 80.6 cm³/mol. The number of rotatable bonds is 2. The van der Waals surface area contributed by atoms with Crippen LogP contribution in [0.5, 0.6) is 0 Å². The first-order chi connectivity index (χ1) is 8.97. The van der Waals surface area contributed by atoms with Crippen LogP contribution in [0.4, 0.5) is 15.8 Å². The molecule has 0 aliphatic carbocycles.